The predicted molar refractivity (Wildman–Crippen MR) is 65.4 cm³/mol. The van der Waals surface area contributed by atoms with Crippen LogP contribution in [-0.2, 0) is 0 Å². The number of hydrogen-bond acceptors (Lipinski definition) is 1. The van der Waals surface area contributed by atoms with Crippen LogP contribution in [0, 0.1) is 18.8 Å². The molecule has 1 aromatic rings. The molecule has 1 rings (SSSR count). The van der Waals surface area contributed by atoms with Gasteiger partial charge < -0.3 is 5.32 Å². The molecule has 1 N–H and O–H groups in total. The van der Waals surface area contributed by atoms with Gasteiger partial charge in [0, 0.05) is 23.1 Å². The van der Waals surface area contributed by atoms with E-state index in [4.69, 9.17) is 0 Å². The summed E-state index contributed by atoms with van der Waals surface area (Å²) in [7, 11) is 0. The lowest BCUT2D eigenvalue weighted by Gasteiger charge is -2.05. The van der Waals surface area contributed by atoms with Gasteiger partial charge in [-0.2, -0.15) is 0 Å². The molecule has 0 aliphatic heterocycles. The summed E-state index contributed by atoms with van der Waals surface area (Å²) in [6.07, 6.45) is 0.891. The summed E-state index contributed by atoms with van der Waals surface area (Å²) >= 11 is 3.50. The van der Waals surface area contributed by atoms with E-state index in [0.29, 0.717) is 0 Å². The van der Waals surface area contributed by atoms with Gasteiger partial charge >= 0.3 is 0 Å². The second kappa shape index (κ2) is 5.72. The van der Waals surface area contributed by atoms with E-state index in [1.165, 1.54) is 5.56 Å². The average molecular weight is 252 g/mol. The number of benzene rings is 1. The Balaban J connectivity index is 2.50. The fourth-order valence-corrected chi connectivity index (χ4v) is 1.48. The Kier molecular flexibility index (Phi) is 4.55. The molecule has 1 nitrogen and oxygen atoms in total. The Labute approximate surface area is 94.0 Å². The highest BCUT2D eigenvalue weighted by molar-refractivity contribution is 9.10. The summed E-state index contributed by atoms with van der Waals surface area (Å²) in [6, 6.07) is 6.27. The van der Waals surface area contributed by atoms with Gasteiger partial charge in [0.25, 0.3) is 0 Å². The third kappa shape index (κ3) is 3.43. The van der Waals surface area contributed by atoms with Gasteiger partial charge in [0.1, 0.15) is 0 Å². The molecule has 1 aromatic carbocycles. The van der Waals surface area contributed by atoms with E-state index in [1.54, 1.807) is 0 Å². The summed E-state index contributed by atoms with van der Waals surface area (Å²) in [5.74, 6) is 5.90. The van der Waals surface area contributed by atoms with Crippen molar-refractivity contribution in [3.05, 3.63) is 28.2 Å². The Morgan fingerprint density at radius 2 is 2.21 bits per heavy atom. The first kappa shape index (κ1) is 11.1. The second-order valence-corrected chi connectivity index (χ2v) is 3.92. The van der Waals surface area contributed by atoms with Crippen molar-refractivity contribution in [3.63, 3.8) is 0 Å². The van der Waals surface area contributed by atoms with Crippen molar-refractivity contribution < 1.29 is 0 Å². The fourth-order valence-electron chi connectivity index (χ4n) is 1.10. The van der Waals surface area contributed by atoms with Crippen molar-refractivity contribution in [2.75, 3.05) is 11.9 Å². The lowest BCUT2D eigenvalue weighted by atomic mass is 10.2. The third-order valence-corrected chi connectivity index (χ3v) is 2.78. The average Bonchev–Trinajstić information content (AvgIpc) is 2.18. The van der Waals surface area contributed by atoms with Crippen LogP contribution in [0.4, 0.5) is 5.69 Å². The van der Waals surface area contributed by atoms with Crippen LogP contribution in [0.2, 0.25) is 0 Å². The van der Waals surface area contributed by atoms with Crippen LogP contribution in [0.25, 0.3) is 0 Å². The van der Waals surface area contributed by atoms with Crippen LogP contribution < -0.4 is 5.32 Å². The highest BCUT2D eigenvalue weighted by Crippen LogP contribution is 2.20. The van der Waals surface area contributed by atoms with E-state index in [0.717, 1.165) is 23.1 Å². The summed E-state index contributed by atoms with van der Waals surface area (Å²) in [6.45, 7) is 4.84. The molecule has 0 bridgehead atoms. The zero-order valence-electron chi connectivity index (χ0n) is 8.52. The number of aryl methyl sites for hydroxylation is 1. The topological polar surface area (TPSA) is 12.0 Å². The number of halogens is 1. The van der Waals surface area contributed by atoms with Gasteiger partial charge in [-0.3, -0.25) is 0 Å². The fraction of sp³-hybridized carbons (Fsp3) is 0.333. The SMILES string of the molecule is CC#CCCNc1ccc(C)c(Br)c1. The molecule has 0 heterocycles. The van der Waals surface area contributed by atoms with Gasteiger partial charge in [-0.25, -0.2) is 0 Å². The first-order valence-electron chi connectivity index (χ1n) is 4.63. The quantitative estimate of drug-likeness (QED) is 0.640. The molecule has 0 aliphatic rings. The van der Waals surface area contributed by atoms with Crippen molar-refractivity contribution in [1.82, 2.24) is 0 Å². The molecule has 0 fully saturated rings. The maximum Gasteiger partial charge on any atom is 0.0351 e. The highest BCUT2D eigenvalue weighted by atomic mass is 79.9. The second-order valence-electron chi connectivity index (χ2n) is 3.07. The molecule has 14 heavy (non-hydrogen) atoms. The maximum absolute atomic E-state index is 3.50. The molecule has 0 aromatic heterocycles. The minimum Gasteiger partial charge on any atom is -0.384 e. The molecule has 0 radical (unpaired) electrons. The predicted octanol–water partition coefficient (Wildman–Crippen LogP) is 3.58. The molecule has 0 saturated heterocycles. The molecule has 0 spiro atoms. The van der Waals surface area contributed by atoms with Crippen molar-refractivity contribution in [2.24, 2.45) is 0 Å². The normalized spacial score (nSPS) is 9.07. The van der Waals surface area contributed by atoms with E-state index >= 15 is 0 Å². The molecular formula is C12H14BrN. The molecular weight excluding hydrogens is 238 g/mol. The number of nitrogens with one attached hydrogen (secondary N) is 1. The molecule has 2 heteroatoms. The van der Waals surface area contributed by atoms with Crippen LogP contribution in [0.1, 0.15) is 18.9 Å². The highest BCUT2D eigenvalue weighted by Gasteiger charge is 1.95. The van der Waals surface area contributed by atoms with Gasteiger partial charge in [-0.05, 0) is 31.5 Å². The van der Waals surface area contributed by atoms with Crippen molar-refractivity contribution in [3.8, 4) is 11.8 Å². The molecule has 0 aliphatic carbocycles. The number of rotatable bonds is 3. The van der Waals surface area contributed by atoms with Crippen LogP contribution in [0.3, 0.4) is 0 Å². The molecule has 74 valence electrons. The van der Waals surface area contributed by atoms with Gasteiger partial charge in [0.2, 0.25) is 0 Å². The molecule has 0 saturated carbocycles. The van der Waals surface area contributed by atoms with Crippen LogP contribution in [-0.4, -0.2) is 6.54 Å². The monoisotopic (exact) mass is 251 g/mol. The Bertz CT molecular complexity index is 360. The van der Waals surface area contributed by atoms with Crippen LogP contribution in [0.5, 0.6) is 0 Å². The maximum atomic E-state index is 3.50. The minimum absolute atomic E-state index is 0.891. The first-order chi connectivity index (χ1) is 6.74. The van der Waals surface area contributed by atoms with Gasteiger partial charge in [-0.15, -0.1) is 11.8 Å². The zero-order valence-corrected chi connectivity index (χ0v) is 10.1. The number of anilines is 1. The Morgan fingerprint density at radius 3 is 2.86 bits per heavy atom. The first-order valence-corrected chi connectivity index (χ1v) is 5.43. The van der Waals surface area contributed by atoms with Gasteiger partial charge in [0.05, 0.1) is 0 Å². The van der Waals surface area contributed by atoms with E-state index in [2.05, 4.69) is 58.2 Å². The van der Waals surface area contributed by atoms with Crippen LogP contribution in [0.15, 0.2) is 22.7 Å². The van der Waals surface area contributed by atoms with E-state index < -0.39 is 0 Å². The van der Waals surface area contributed by atoms with Crippen LogP contribution >= 0.6 is 15.9 Å². The van der Waals surface area contributed by atoms with E-state index in [-0.39, 0.29) is 0 Å². The molecule has 0 atom stereocenters. The minimum atomic E-state index is 0.891. The smallest absolute Gasteiger partial charge is 0.0351 e. The third-order valence-electron chi connectivity index (χ3n) is 1.93. The van der Waals surface area contributed by atoms with E-state index in [9.17, 15) is 0 Å². The van der Waals surface area contributed by atoms with Crippen molar-refractivity contribution in [2.45, 2.75) is 20.3 Å². The lowest BCUT2D eigenvalue weighted by Crippen LogP contribution is -2.00. The molecule has 0 unspecified atom stereocenters. The summed E-state index contributed by atoms with van der Waals surface area (Å²) in [5, 5.41) is 3.32. The Hall–Kier alpha value is -0.940. The summed E-state index contributed by atoms with van der Waals surface area (Å²) < 4.78 is 1.14. The Morgan fingerprint density at radius 1 is 1.43 bits per heavy atom. The lowest BCUT2D eigenvalue weighted by molar-refractivity contribution is 1.09. The number of hydrogen-bond donors (Lipinski definition) is 1. The largest absolute Gasteiger partial charge is 0.384 e. The summed E-state index contributed by atoms with van der Waals surface area (Å²) in [4.78, 5) is 0. The van der Waals surface area contributed by atoms with Gasteiger partial charge in [0.15, 0.2) is 0 Å². The van der Waals surface area contributed by atoms with Crippen molar-refractivity contribution >= 4 is 21.6 Å². The standard InChI is InChI=1S/C12H14BrN/c1-3-4-5-8-14-11-7-6-10(2)12(13)9-11/h6-7,9,14H,5,8H2,1-2H3. The summed E-state index contributed by atoms with van der Waals surface area (Å²) in [5.41, 5.74) is 2.39. The zero-order chi connectivity index (χ0) is 10.4. The van der Waals surface area contributed by atoms with E-state index in [1.807, 2.05) is 6.92 Å². The van der Waals surface area contributed by atoms with Crippen molar-refractivity contribution in [1.29, 1.82) is 0 Å². The molecule has 0 amide bonds. The van der Waals surface area contributed by atoms with Gasteiger partial charge in [-0.1, -0.05) is 22.0 Å².